The molecule has 1 N–H and O–H groups in total. The summed E-state index contributed by atoms with van der Waals surface area (Å²) in [5, 5.41) is 6.95. The number of rotatable bonds is 1. The Morgan fingerprint density at radius 3 is 2.00 bits per heavy atom. The molecule has 0 unspecified atom stereocenters. The first-order chi connectivity index (χ1) is 1.91. The van der Waals surface area contributed by atoms with Crippen LogP contribution in [0.3, 0.4) is 0 Å². The van der Waals surface area contributed by atoms with Crippen molar-refractivity contribution < 1.29 is 44.5 Å². The van der Waals surface area contributed by atoms with Crippen molar-refractivity contribution >= 4 is 6.47 Å². The van der Waals surface area contributed by atoms with Gasteiger partial charge in [-0.1, -0.05) is 0 Å². The van der Waals surface area contributed by atoms with Crippen LogP contribution in [0.5, 0.6) is 0 Å². The average Bonchev–Trinajstić information content (AvgIpc) is 1.37. The first-order valence-electron chi connectivity index (χ1n) is 0.591. The summed E-state index contributed by atoms with van der Waals surface area (Å²) in [4.78, 5) is 11.3. The molecule has 0 aromatic heterocycles. The molecule has 0 rings (SSSR count). The molecular weight excluding hydrogens is 83.0 g/mol. The summed E-state index contributed by atoms with van der Waals surface area (Å²) in [5.74, 6) is 0. The van der Waals surface area contributed by atoms with Crippen LogP contribution in [0, 0.1) is 0 Å². The minimum atomic E-state index is 0. The molecule has 3 nitrogen and oxygen atoms in total. The Morgan fingerprint density at radius 1 is 1.80 bits per heavy atom. The van der Waals surface area contributed by atoms with E-state index in [9.17, 15) is 0 Å². The normalized spacial score (nSPS) is 4.20. The van der Waals surface area contributed by atoms with E-state index in [1.54, 1.807) is 0 Å². The topological polar surface area (TPSA) is 46.5 Å². The zero-order valence-corrected chi connectivity index (χ0v) is 4.76. The van der Waals surface area contributed by atoms with Crippen LogP contribution < -0.4 is 29.6 Å². The van der Waals surface area contributed by atoms with Crippen LogP contribution in [0.15, 0.2) is 0 Å². The van der Waals surface area contributed by atoms with Gasteiger partial charge in [-0.05, 0) is 6.47 Å². The SMILES string of the molecule is O=[C-]OO.[Na+]. The van der Waals surface area contributed by atoms with Crippen LogP contribution in [0.25, 0.3) is 0 Å². The van der Waals surface area contributed by atoms with Crippen molar-refractivity contribution in [1.29, 1.82) is 0 Å². The van der Waals surface area contributed by atoms with Crippen LogP contribution in [0.1, 0.15) is 0 Å². The second-order valence-corrected chi connectivity index (χ2v) is 0.175. The molecular formula is CHNaO3. The van der Waals surface area contributed by atoms with Gasteiger partial charge in [-0.3, -0.25) is 0 Å². The van der Waals surface area contributed by atoms with Gasteiger partial charge in [0.1, 0.15) is 0 Å². The Hall–Kier alpha value is 0.430. The molecule has 4 heteroatoms. The molecule has 0 aliphatic rings. The second kappa shape index (κ2) is 8.83. The van der Waals surface area contributed by atoms with Crippen molar-refractivity contribution in [2.75, 3.05) is 0 Å². The van der Waals surface area contributed by atoms with Gasteiger partial charge in [-0.25, -0.2) is 5.26 Å². The predicted octanol–water partition coefficient (Wildman–Crippen LogP) is -3.45. The monoisotopic (exact) mass is 84.0 g/mol. The summed E-state index contributed by atoms with van der Waals surface area (Å²) < 4.78 is 0. The predicted molar refractivity (Wildman–Crippen MR) is 9.41 cm³/mol. The quantitative estimate of drug-likeness (QED) is 0.155. The molecule has 0 aromatic carbocycles. The van der Waals surface area contributed by atoms with Crippen molar-refractivity contribution in [1.82, 2.24) is 0 Å². The van der Waals surface area contributed by atoms with Crippen LogP contribution in [-0.4, -0.2) is 11.7 Å². The Bertz CT molecular complexity index is 20.9. The Kier molecular flexibility index (Phi) is 16.0. The Labute approximate surface area is 51.2 Å². The van der Waals surface area contributed by atoms with Crippen LogP contribution in [-0.2, 0) is 9.68 Å². The van der Waals surface area contributed by atoms with Gasteiger partial charge < -0.3 is 9.68 Å². The first kappa shape index (κ1) is 9.06. The molecule has 0 spiro atoms. The molecule has 0 saturated carbocycles. The van der Waals surface area contributed by atoms with E-state index in [-0.39, 0.29) is 29.6 Å². The van der Waals surface area contributed by atoms with Gasteiger partial charge in [0.15, 0.2) is 0 Å². The van der Waals surface area contributed by atoms with Gasteiger partial charge in [0.25, 0.3) is 0 Å². The molecule has 0 saturated heterocycles. The molecule has 0 fully saturated rings. The molecule has 0 bridgehead atoms. The van der Waals surface area contributed by atoms with E-state index in [1.807, 2.05) is 0 Å². The number of carbonyl (C=O) groups excluding carboxylic acids is 1. The summed E-state index contributed by atoms with van der Waals surface area (Å²) in [6.45, 7) is 0.736. The van der Waals surface area contributed by atoms with Crippen molar-refractivity contribution in [3.05, 3.63) is 0 Å². The average molecular weight is 84.0 g/mol. The van der Waals surface area contributed by atoms with Crippen molar-refractivity contribution in [2.45, 2.75) is 0 Å². The molecule has 0 aliphatic heterocycles. The van der Waals surface area contributed by atoms with E-state index < -0.39 is 0 Å². The molecule has 0 aliphatic carbocycles. The fourth-order valence-corrected chi connectivity index (χ4v) is 0. The molecule has 0 amide bonds. The maximum Gasteiger partial charge on any atom is 1.00 e. The second-order valence-electron chi connectivity index (χ2n) is 0.175. The molecule has 0 atom stereocenters. The van der Waals surface area contributed by atoms with Crippen LogP contribution in [0.4, 0.5) is 0 Å². The van der Waals surface area contributed by atoms with Gasteiger partial charge in [0, 0.05) is 0 Å². The standard InChI is InChI=1S/CHO3.Na/c2-1-4-3;/h3H;/q-1;+1. The van der Waals surface area contributed by atoms with E-state index in [0.29, 0.717) is 0 Å². The zero-order valence-electron chi connectivity index (χ0n) is 2.76. The summed E-state index contributed by atoms with van der Waals surface area (Å²) in [6.07, 6.45) is 0. The molecule has 0 radical (unpaired) electrons. The molecule has 0 aromatic rings. The molecule has 24 valence electrons. The summed E-state index contributed by atoms with van der Waals surface area (Å²) in [5.41, 5.74) is 0. The molecule has 0 heterocycles. The fraction of sp³-hybridized carbons (Fsp3) is 0. The largest absolute Gasteiger partial charge is 1.00 e. The van der Waals surface area contributed by atoms with Gasteiger partial charge in [-0.15, -0.1) is 0 Å². The smallest absolute Gasteiger partial charge is 0.509 e. The third-order valence-electron chi connectivity index (χ3n) is 0.0373. The summed E-state index contributed by atoms with van der Waals surface area (Å²) in [6, 6.07) is 0. The number of hydrogen-bond acceptors (Lipinski definition) is 3. The van der Waals surface area contributed by atoms with Gasteiger partial charge in [0.05, 0.1) is 0 Å². The zero-order chi connectivity index (χ0) is 3.41. The first-order valence-corrected chi connectivity index (χ1v) is 0.591. The molecule has 5 heavy (non-hydrogen) atoms. The third-order valence-corrected chi connectivity index (χ3v) is 0.0373. The minimum Gasteiger partial charge on any atom is -0.509 e. The maximum absolute atomic E-state index is 8.58. The maximum atomic E-state index is 8.58. The van der Waals surface area contributed by atoms with E-state index in [2.05, 4.69) is 4.89 Å². The van der Waals surface area contributed by atoms with Gasteiger partial charge >= 0.3 is 29.6 Å². The van der Waals surface area contributed by atoms with E-state index >= 15 is 0 Å². The van der Waals surface area contributed by atoms with Crippen molar-refractivity contribution in [3.63, 3.8) is 0 Å². The summed E-state index contributed by atoms with van der Waals surface area (Å²) in [7, 11) is 0. The third kappa shape index (κ3) is 12.8. The van der Waals surface area contributed by atoms with E-state index in [0.717, 1.165) is 6.47 Å². The van der Waals surface area contributed by atoms with Gasteiger partial charge in [-0.2, -0.15) is 0 Å². The minimum absolute atomic E-state index is 0. The summed E-state index contributed by atoms with van der Waals surface area (Å²) >= 11 is 0. The van der Waals surface area contributed by atoms with Crippen LogP contribution >= 0.6 is 0 Å². The van der Waals surface area contributed by atoms with Gasteiger partial charge in [0.2, 0.25) is 0 Å². The van der Waals surface area contributed by atoms with E-state index in [4.69, 9.17) is 10.1 Å². The van der Waals surface area contributed by atoms with E-state index in [1.165, 1.54) is 0 Å². The number of hydrogen-bond donors (Lipinski definition) is 1. The van der Waals surface area contributed by atoms with Crippen molar-refractivity contribution in [2.24, 2.45) is 0 Å². The Balaban J connectivity index is 0. The Morgan fingerprint density at radius 2 is 2.00 bits per heavy atom. The van der Waals surface area contributed by atoms with Crippen LogP contribution in [0.2, 0.25) is 0 Å². The van der Waals surface area contributed by atoms with Crippen molar-refractivity contribution in [3.8, 4) is 0 Å². The fourth-order valence-electron chi connectivity index (χ4n) is 0.